The molecule has 3 heteroatoms. The van der Waals surface area contributed by atoms with E-state index in [1.807, 2.05) is 0 Å². The molecule has 0 aliphatic heterocycles. The van der Waals surface area contributed by atoms with Crippen molar-refractivity contribution in [3.8, 4) is 0 Å². The molecular formula is C18H22N2O. The molecule has 0 radical (unpaired) electrons. The maximum Gasteiger partial charge on any atom is 0.230 e. The highest BCUT2D eigenvalue weighted by Gasteiger charge is 2.61. The van der Waals surface area contributed by atoms with Crippen LogP contribution in [0.5, 0.6) is 0 Å². The zero-order valence-electron chi connectivity index (χ0n) is 12.7. The van der Waals surface area contributed by atoms with Crippen LogP contribution in [0.1, 0.15) is 74.6 Å². The van der Waals surface area contributed by atoms with E-state index >= 15 is 0 Å². The third-order valence-corrected chi connectivity index (χ3v) is 5.43. The predicted octanol–water partition coefficient (Wildman–Crippen LogP) is 4.63. The van der Waals surface area contributed by atoms with Gasteiger partial charge in [-0.25, -0.2) is 0 Å². The Bertz CT molecular complexity index is 626. The van der Waals surface area contributed by atoms with Crippen molar-refractivity contribution < 1.29 is 4.52 Å². The van der Waals surface area contributed by atoms with Crippen molar-refractivity contribution in [2.45, 2.75) is 57.3 Å². The monoisotopic (exact) mass is 282 g/mol. The number of nitrogens with zero attached hydrogens (tertiary/aromatic N) is 2. The zero-order valence-corrected chi connectivity index (χ0v) is 12.7. The van der Waals surface area contributed by atoms with Crippen LogP contribution in [0.25, 0.3) is 0 Å². The van der Waals surface area contributed by atoms with Crippen LogP contribution in [0.3, 0.4) is 0 Å². The molecule has 0 bridgehead atoms. The Morgan fingerprint density at radius 3 is 2.48 bits per heavy atom. The maximum absolute atomic E-state index is 5.63. The summed E-state index contributed by atoms with van der Waals surface area (Å²) in [7, 11) is 0. The molecule has 1 aromatic heterocycles. The second-order valence-corrected chi connectivity index (χ2v) is 7.16. The second kappa shape index (κ2) is 4.69. The lowest BCUT2D eigenvalue weighted by atomic mass is 10.0. The molecule has 2 saturated carbocycles. The minimum atomic E-state index is 0.209. The summed E-state index contributed by atoms with van der Waals surface area (Å²) in [6.07, 6.45) is 5.04. The Balaban J connectivity index is 1.59. The fourth-order valence-corrected chi connectivity index (χ4v) is 4.10. The molecule has 2 aliphatic carbocycles. The van der Waals surface area contributed by atoms with E-state index in [1.54, 1.807) is 0 Å². The van der Waals surface area contributed by atoms with Gasteiger partial charge in [0.05, 0.1) is 5.92 Å². The van der Waals surface area contributed by atoms with Crippen molar-refractivity contribution in [3.63, 3.8) is 0 Å². The quantitative estimate of drug-likeness (QED) is 0.823. The van der Waals surface area contributed by atoms with Crippen LogP contribution < -0.4 is 0 Å². The standard InChI is InChI=1S/C18H22N2O/c1-18(2)14(12-8-4-3-5-9-12)15(18)17-19-16(20-21-17)13-10-6-7-11-13/h3-5,8-9,13-15H,6-7,10-11H2,1-2H3/t14-,15+/m1/s1. The van der Waals surface area contributed by atoms with Gasteiger partial charge in [0.15, 0.2) is 5.82 Å². The number of aromatic nitrogens is 2. The summed E-state index contributed by atoms with van der Waals surface area (Å²) in [5.74, 6) is 3.17. The van der Waals surface area contributed by atoms with Gasteiger partial charge in [-0.1, -0.05) is 62.2 Å². The van der Waals surface area contributed by atoms with Crippen LogP contribution in [-0.2, 0) is 0 Å². The van der Waals surface area contributed by atoms with E-state index in [9.17, 15) is 0 Å². The van der Waals surface area contributed by atoms with E-state index in [0.29, 0.717) is 17.8 Å². The topological polar surface area (TPSA) is 38.9 Å². The molecule has 2 fully saturated rings. The molecule has 0 unspecified atom stereocenters. The van der Waals surface area contributed by atoms with Crippen molar-refractivity contribution >= 4 is 0 Å². The maximum atomic E-state index is 5.63. The Kier molecular flexibility index (Phi) is 2.91. The molecule has 2 aliphatic rings. The van der Waals surface area contributed by atoms with Gasteiger partial charge < -0.3 is 4.52 Å². The smallest absolute Gasteiger partial charge is 0.230 e. The zero-order chi connectivity index (χ0) is 14.4. The average molecular weight is 282 g/mol. The number of hydrogen-bond acceptors (Lipinski definition) is 3. The predicted molar refractivity (Wildman–Crippen MR) is 81.2 cm³/mol. The molecule has 1 aromatic carbocycles. The number of hydrogen-bond donors (Lipinski definition) is 0. The molecular weight excluding hydrogens is 260 g/mol. The van der Waals surface area contributed by atoms with Gasteiger partial charge in [-0.05, 0) is 23.8 Å². The SMILES string of the molecule is CC1(C)[C@H](c2ccccc2)[C@H]1c1nc(C2CCCC2)no1. The molecule has 0 N–H and O–H groups in total. The van der Waals surface area contributed by atoms with E-state index in [2.05, 4.69) is 49.3 Å². The minimum absolute atomic E-state index is 0.209. The summed E-state index contributed by atoms with van der Waals surface area (Å²) in [5, 5.41) is 4.27. The van der Waals surface area contributed by atoms with Crippen molar-refractivity contribution in [2.24, 2.45) is 5.41 Å². The van der Waals surface area contributed by atoms with Crippen LogP contribution >= 0.6 is 0 Å². The normalized spacial score (nSPS) is 27.9. The molecule has 2 aromatic rings. The number of benzene rings is 1. The first kappa shape index (κ1) is 13.1. The first-order valence-corrected chi connectivity index (χ1v) is 8.06. The molecule has 110 valence electrons. The summed E-state index contributed by atoms with van der Waals surface area (Å²) in [5.41, 5.74) is 1.59. The van der Waals surface area contributed by atoms with Gasteiger partial charge in [0.2, 0.25) is 5.89 Å². The summed E-state index contributed by atoms with van der Waals surface area (Å²) < 4.78 is 5.63. The lowest BCUT2D eigenvalue weighted by Gasteiger charge is -2.01. The molecule has 2 atom stereocenters. The molecule has 1 heterocycles. The minimum Gasteiger partial charge on any atom is -0.339 e. The third-order valence-electron chi connectivity index (χ3n) is 5.43. The summed E-state index contributed by atoms with van der Waals surface area (Å²) >= 11 is 0. The van der Waals surface area contributed by atoms with E-state index in [1.165, 1.54) is 31.2 Å². The van der Waals surface area contributed by atoms with Gasteiger partial charge in [-0.2, -0.15) is 4.98 Å². The fourth-order valence-electron chi connectivity index (χ4n) is 4.10. The van der Waals surface area contributed by atoms with E-state index in [0.717, 1.165) is 11.7 Å². The fraction of sp³-hybridized carbons (Fsp3) is 0.556. The highest BCUT2D eigenvalue weighted by Crippen LogP contribution is 2.69. The van der Waals surface area contributed by atoms with Crippen molar-refractivity contribution in [1.29, 1.82) is 0 Å². The van der Waals surface area contributed by atoms with Gasteiger partial charge >= 0.3 is 0 Å². The Labute approximate surface area is 125 Å². The Morgan fingerprint density at radius 2 is 1.76 bits per heavy atom. The third kappa shape index (κ3) is 2.10. The lowest BCUT2D eigenvalue weighted by molar-refractivity contribution is 0.360. The van der Waals surface area contributed by atoms with Crippen LogP contribution in [0.15, 0.2) is 34.9 Å². The summed E-state index contributed by atoms with van der Waals surface area (Å²) in [4.78, 5) is 4.75. The molecule has 0 amide bonds. The van der Waals surface area contributed by atoms with Gasteiger partial charge in [-0.3, -0.25) is 0 Å². The van der Waals surface area contributed by atoms with Crippen LogP contribution in [0.4, 0.5) is 0 Å². The van der Waals surface area contributed by atoms with Gasteiger partial charge in [0.1, 0.15) is 0 Å². The summed E-state index contributed by atoms with van der Waals surface area (Å²) in [6, 6.07) is 10.7. The largest absolute Gasteiger partial charge is 0.339 e. The highest BCUT2D eigenvalue weighted by molar-refractivity contribution is 5.37. The van der Waals surface area contributed by atoms with Crippen molar-refractivity contribution in [2.75, 3.05) is 0 Å². The molecule has 0 saturated heterocycles. The molecule has 21 heavy (non-hydrogen) atoms. The first-order valence-electron chi connectivity index (χ1n) is 8.06. The van der Waals surface area contributed by atoms with Crippen LogP contribution in [0.2, 0.25) is 0 Å². The second-order valence-electron chi connectivity index (χ2n) is 7.16. The molecule has 0 spiro atoms. The van der Waals surface area contributed by atoms with Crippen molar-refractivity contribution in [1.82, 2.24) is 10.1 Å². The Hall–Kier alpha value is -1.64. The van der Waals surface area contributed by atoms with Crippen LogP contribution in [0, 0.1) is 5.41 Å². The molecule has 3 nitrogen and oxygen atoms in total. The Morgan fingerprint density at radius 1 is 1.05 bits per heavy atom. The number of rotatable bonds is 3. The van der Waals surface area contributed by atoms with Gasteiger partial charge in [-0.15, -0.1) is 0 Å². The van der Waals surface area contributed by atoms with E-state index in [-0.39, 0.29) is 5.41 Å². The average Bonchev–Trinajstić information content (AvgIpc) is 2.95. The lowest BCUT2D eigenvalue weighted by Crippen LogP contribution is -1.95. The highest BCUT2D eigenvalue weighted by atomic mass is 16.5. The van der Waals surface area contributed by atoms with Gasteiger partial charge in [0, 0.05) is 11.8 Å². The molecule has 4 rings (SSSR count). The van der Waals surface area contributed by atoms with Crippen molar-refractivity contribution in [3.05, 3.63) is 47.6 Å². The summed E-state index contributed by atoms with van der Waals surface area (Å²) in [6.45, 7) is 4.60. The van der Waals surface area contributed by atoms with Gasteiger partial charge in [0.25, 0.3) is 0 Å². The van der Waals surface area contributed by atoms with E-state index < -0.39 is 0 Å². The van der Waals surface area contributed by atoms with Crippen LogP contribution in [-0.4, -0.2) is 10.1 Å². The van der Waals surface area contributed by atoms with E-state index in [4.69, 9.17) is 9.51 Å². The first-order chi connectivity index (χ1) is 10.2.